The molecule has 4 N–H and O–H groups in total. The quantitative estimate of drug-likeness (QED) is 0.254. The third-order valence-corrected chi connectivity index (χ3v) is 3.68. The molecule has 18 heavy (non-hydrogen) atoms. The molecule has 8 nitrogen and oxygen atoms in total. The third-order valence-electron chi connectivity index (χ3n) is 2.25. The SMILES string of the molecule is COCCNS(=O)(=O)c1cc(C(=O)NN)n(C)c1. The van der Waals surface area contributed by atoms with Gasteiger partial charge in [-0.05, 0) is 6.07 Å². The number of nitrogen functional groups attached to an aromatic ring is 1. The monoisotopic (exact) mass is 276 g/mol. The minimum Gasteiger partial charge on any atom is -0.383 e. The van der Waals surface area contributed by atoms with E-state index in [1.807, 2.05) is 5.43 Å². The Labute approximate surface area is 105 Å². The lowest BCUT2D eigenvalue weighted by molar-refractivity contribution is 0.0945. The highest BCUT2D eigenvalue weighted by Gasteiger charge is 2.19. The summed E-state index contributed by atoms with van der Waals surface area (Å²) in [7, 11) is -0.621. The molecule has 0 aliphatic rings. The molecule has 0 saturated heterocycles. The number of methoxy groups -OCH3 is 1. The van der Waals surface area contributed by atoms with Crippen LogP contribution < -0.4 is 16.0 Å². The summed E-state index contributed by atoms with van der Waals surface area (Å²) in [5, 5.41) is 0. The van der Waals surface area contributed by atoms with E-state index in [2.05, 4.69) is 4.72 Å². The number of hydrazine groups is 1. The number of carbonyl (C=O) groups is 1. The van der Waals surface area contributed by atoms with Crippen LogP contribution in [0.4, 0.5) is 0 Å². The van der Waals surface area contributed by atoms with Gasteiger partial charge < -0.3 is 9.30 Å². The first-order valence-electron chi connectivity index (χ1n) is 5.08. The summed E-state index contributed by atoms with van der Waals surface area (Å²) in [4.78, 5) is 11.3. The van der Waals surface area contributed by atoms with Crippen LogP contribution in [0.15, 0.2) is 17.2 Å². The number of nitrogens with two attached hydrogens (primary N) is 1. The van der Waals surface area contributed by atoms with E-state index in [4.69, 9.17) is 10.6 Å². The number of ether oxygens (including phenoxy) is 1. The van der Waals surface area contributed by atoms with Gasteiger partial charge in [-0.1, -0.05) is 0 Å². The van der Waals surface area contributed by atoms with Crippen molar-refractivity contribution in [3.8, 4) is 0 Å². The van der Waals surface area contributed by atoms with Gasteiger partial charge in [-0.15, -0.1) is 0 Å². The fourth-order valence-electron chi connectivity index (χ4n) is 1.34. The second-order valence-electron chi connectivity index (χ2n) is 3.54. The summed E-state index contributed by atoms with van der Waals surface area (Å²) in [6.45, 7) is 0.425. The summed E-state index contributed by atoms with van der Waals surface area (Å²) < 4.78 is 32.2. The molecule has 0 spiro atoms. The lowest BCUT2D eigenvalue weighted by Crippen LogP contribution is -2.31. The number of hydrogen-bond donors (Lipinski definition) is 3. The number of aryl methyl sites for hydroxylation is 1. The smallest absolute Gasteiger partial charge is 0.281 e. The maximum Gasteiger partial charge on any atom is 0.281 e. The molecule has 0 saturated carbocycles. The normalized spacial score (nSPS) is 11.5. The van der Waals surface area contributed by atoms with Crippen molar-refractivity contribution in [2.75, 3.05) is 20.3 Å². The minimum absolute atomic E-state index is 0.000275. The predicted octanol–water partition coefficient (Wildman–Crippen LogP) is -1.45. The zero-order valence-electron chi connectivity index (χ0n) is 10.1. The van der Waals surface area contributed by atoms with E-state index in [0.717, 1.165) is 0 Å². The molecular formula is C9H16N4O4S. The van der Waals surface area contributed by atoms with Gasteiger partial charge >= 0.3 is 0 Å². The highest BCUT2D eigenvalue weighted by Crippen LogP contribution is 2.12. The lowest BCUT2D eigenvalue weighted by Gasteiger charge is -2.03. The minimum atomic E-state index is -3.65. The van der Waals surface area contributed by atoms with Crippen LogP contribution in [0.5, 0.6) is 0 Å². The Morgan fingerprint density at radius 1 is 1.56 bits per heavy atom. The molecule has 0 atom stereocenters. The van der Waals surface area contributed by atoms with E-state index in [1.165, 1.54) is 23.9 Å². The van der Waals surface area contributed by atoms with Gasteiger partial charge in [-0.25, -0.2) is 19.0 Å². The molecule has 1 heterocycles. The zero-order valence-corrected chi connectivity index (χ0v) is 11.0. The standard InChI is InChI=1S/C9H16N4O4S/c1-13-6-7(5-8(13)9(14)12-10)18(15,16)11-3-4-17-2/h5-6,11H,3-4,10H2,1-2H3,(H,12,14). The van der Waals surface area contributed by atoms with Crippen LogP contribution in [0.3, 0.4) is 0 Å². The Morgan fingerprint density at radius 3 is 2.78 bits per heavy atom. The number of carbonyl (C=O) groups excluding carboxylic acids is 1. The maximum absolute atomic E-state index is 11.8. The second kappa shape index (κ2) is 5.96. The van der Waals surface area contributed by atoms with Crippen molar-refractivity contribution in [3.63, 3.8) is 0 Å². The van der Waals surface area contributed by atoms with Crippen LogP contribution in [-0.2, 0) is 21.8 Å². The molecule has 0 bridgehead atoms. The van der Waals surface area contributed by atoms with E-state index in [9.17, 15) is 13.2 Å². The molecule has 0 fully saturated rings. The number of sulfonamides is 1. The van der Waals surface area contributed by atoms with Gasteiger partial charge in [-0.2, -0.15) is 0 Å². The van der Waals surface area contributed by atoms with E-state index >= 15 is 0 Å². The van der Waals surface area contributed by atoms with E-state index < -0.39 is 15.9 Å². The Balaban J connectivity index is 2.93. The van der Waals surface area contributed by atoms with Gasteiger partial charge in [0, 0.05) is 26.9 Å². The first kappa shape index (κ1) is 14.6. The number of amides is 1. The van der Waals surface area contributed by atoms with Gasteiger partial charge in [0.1, 0.15) is 10.6 Å². The average Bonchev–Trinajstić information content (AvgIpc) is 2.71. The van der Waals surface area contributed by atoms with Gasteiger partial charge in [0.25, 0.3) is 5.91 Å². The molecule has 9 heteroatoms. The molecule has 1 aromatic heterocycles. The molecule has 1 rings (SSSR count). The van der Waals surface area contributed by atoms with Gasteiger partial charge in [0.05, 0.1) is 6.61 Å². The fourth-order valence-corrected chi connectivity index (χ4v) is 2.42. The summed E-state index contributed by atoms with van der Waals surface area (Å²) in [6, 6.07) is 1.25. The summed E-state index contributed by atoms with van der Waals surface area (Å²) >= 11 is 0. The van der Waals surface area contributed by atoms with Crippen molar-refractivity contribution in [2.24, 2.45) is 12.9 Å². The molecule has 0 aromatic carbocycles. The van der Waals surface area contributed by atoms with E-state index in [-0.39, 0.29) is 23.7 Å². The first-order chi connectivity index (χ1) is 8.42. The van der Waals surface area contributed by atoms with Crippen molar-refractivity contribution < 1.29 is 17.9 Å². The van der Waals surface area contributed by atoms with Gasteiger partial charge in [0.15, 0.2) is 0 Å². The van der Waals surface area contributed by atoms with Crippen molar-refractivity contribution in [1.29, 1.82) is 0 Å². The summed E-state index contributed by atoms with van der Waals surface area (Å²) in [6.07, 6.45) is 1.33. The summed E-state index contributed by atoms with van der Waals surface area (Å²) in [5.74, 6) is 4.44. The molecule has 0 unspecified atom stereocenters. The molecule has 102 valence electrons. The highest BCUT2D eigenvalue weighted by atomic mass is 32.2. The van der Waals surface area contributed by atoms with Crippen molar-refractivity contribution in [1.82, 2.24) is 14.7 Å². The Bertz CT molecular complexity index is 523. The number of aromatic nitrogens is 1. The Hall–Kier alpha value is -1.42. The van der Waals surface area contributed by atoms with Crippen molar-refractivity contribution in [2.45, 2.75) is 4.90 Å². The fraction of sp³-hybridized carbons (Fsp3) is 0.444. The number of nitrogens with one attached hydrogen (secondary N) is 2. The van der Waals surface area contributed by atoms with E-state index in [1.54, 1.807) is 7.05 Å². The van der Waals surface area contributed by atoms with Crippen LogP contribution in [0.25, 0.3) is 0 Å². The van der Waals surface area contributed by atoms with Crippen LogP contribution in [0.2, 0.25) is 0 Å². The lowest BCUT2D eigenvalue weighted by atomic mass is 10.4. The number of nitrogens with zero attached hydrogens (tertiary/aromatic N) is 1. The van der Waals surface area contributed by atoms with Crippen molar-refractivity contribution >= 4 is 15.9 Å². The average molecular weight is 276 g/mol. The molecule has 0 aliphatic heterocycles. The van der Waals surface area contributed by atoms with Crippen LogP contribution >= 0.6 is 0 Å². The Morgan fingerprint density at radius 2 is 2.22 bits per heavy atom. The Kier molecular flexibility index (Phi) is 4.84. The first-order valence-corrected chi connectivity index (χ1v) is 6.56. The van der Waals surface area contributed by atoms with Crippen LogP contribution in [-0.4, -0.2) is 39.2 Å². The molecule has 1 amide bonds. The molecule has 1 aromatic rings. The molecule has 0 radical (unpaired) electrons. The van der Waals surface area contributed by atoms with Crippen molar-refractivity contribution in [3.05, 3.63) is 18.0 Å². The van der Waals surface area contributed by atoms with Gasteiger partial charge in [-0.3, -0.25) is 10.2 Å². The number of rotatable bonds is 6. The molecule has 0 aliphatic carbocycles. The van der Waals surface area contributed by atoms with Crippen LogP contribution in [0.1, 0.15) is 10.5 Å². The van der Waals surface area contributed by atoms with Crippen LogP contribution in [0, 0.1) is 0 Å². The maximum atomic E-state index is 11.8. The zero-order chi connectivity index (χ0) is 13.8. The summed E-state index contributed by atoms with van der Waals surface area (Å²) in [5.41, 5.74) is 2.10. The molecular weight excluding hydrogens is 260 g/mol. The highest BCUT2D eigenvalue weighted by molar-refractivity contribution is 7.89. The predicted molar refractivity (Wildman–Crippen MR) is 64.1 cm³/mol. The number of hydrogen-bond acceptors (Lipinski definition) is 5. The second-order valence-corrected chi connectivity index (χ2v) is 5.30. The van der Waals surface area contributed by atoms with E-state index in [0.29, 0.717) is 0 Å². The third kappa shape index (κ3) is 3.29. The van der Waals surface area contributed by atoms with Gasteiger partial charge in [0.2, 0.25) is 10.0 Å². The largest absolute Gasteiger partial charge is 0.383 e. The topological polar surface area (TPSA) is 115 Å².